The van der Waals surface area contributed by atoms with Gasteiger partial charge in [-0.3, -0.25) is 0 Å². The molecule has 100 valence electrons. The smallest absolute Gasteiger partial charge is 0.127 e. The molecule has 0 saturated carbocycles. The van der Waals surface area contributed by atoms with Crippen molar-refractivity contribution in [3.63, 3.8) is 0 Å². The Morgan fingerprint density at radius 1 is 1.11 bits per heavy atom. The maximum Gasteiger partial charge on any atom is 0.127 e. The summed E-state index contributed by atoms with van der Waals surface area (Å²) in [5, 5.41) is 0.736. The third-order valence-electron chi connectivity index (χ3n) is 3.09. The number of benzene rings is 2. The number of ether oxygens (including phenoxy) is 1. The van der Waals surface area contributed by atoms with Gasteiger partial charge >= 0.3 is 0 Å². The quantitative estimate of drug-likeness (QED) is 0.753. The number of halogens is 1. The maximum atomic E-state index is 6.00. The third kappa shape index (κ3) is 3.98. The van der Waals surface area contributed by atoms with Crippen LogP contribution in [0.1, 0.15) is 12.5 Å². The van der Waals surface area contributed by atoms with Gasteiger partial charge in [0.15, 0.2) is 0 Å². The molecule has 2 nitrogen and oxygen atoms in total. The Hall–Kier alpha value is -1.51. The summed E-state index contributed by atoms with van der Waals surface area (Å²) in [4.78, 5) is 2.06. The Bertz CT molecular complexity index is 515. The second kappa shape index (κ2) is 6.60. The molecule has 2 rings (SSSR count). The first-order chi connectivity index (χ1) is 9.16. The molecule has 0 heterocycles. The Balaban J connectivity index is 1.94. The first-order valence-electron chi connectivity index (χ1n) is 6.31. The lowest BCUT2D eigenvalue weighted by Gasteiger charge is -2.27. The van der Waals surface area contributed by atoms with E-state index in [1.165, 1.54) is 5.56 Å². The monoisotopic (exact) mass is 275 g/mol. The van der Waals surface area contributed by atoms with E-state index in [0.717, 1.165) is 10.7 Å². The summed E-state index contributed by atoms with van der Waals surface area (Å²) in [6, 6.07) is 17.9. The van der Waals surface area contributed by atoms with Crippen LogP contribution in [0.4, 0.5) is 5.69 Å². The lowest BCUT2D eigenvalue weighted by molar-refractivity contribution is 0.0540. The molecular formula is C16H18ClNO. The van der Waals surface area contributed by atoms with Crippen LogP contribution in [0.3, 0.4) is 0 Å². The summed E-state index contributed by atoms with van der Waals surface area (Å²) in [6.45, 7) is 2.64. The van der Waals surface area contributed by atoms with E-state index in [9.17, 15) is 0 Å². The predicted octanol–water partition coefficient (Wildman–Crippen LogP) is 4.34. The fraction of sp³-hybridized carbons (Fsp3) is 0.250. The number of hydrogen-bond donors (Lipinski definition) is 0. The van der Waals surface area contributed by atoms with E-state index in [2.05, 4.69) is 17.0 Å². The highest BCUT2D eigenvalue weighted by Crippen LogP contribution is 2.20. The fourth-order valence-corrected chi connectivity index (χ4v) is 1.99. The van der Waals surface area contributed by atoms with Gasteiger partial charge in [0.25, 0.3) is 0 Å². The van der Waals surface area contributed by atoms with Crippen LogP contribution < -0.4 is 4.90 Å². The van der Waals surface area contributed by atoms with Gasteiger partial charge < -0.3 is 9.64 Å². The minimum atomic E-state index is -0.0151. The van der Waals surface area contributed by atoms with Gasteiger partial charge in [0, 0.05) is 17.8 Å². The molecule has 0 saturated heterocycles. The molecule has 0 amide bonds. The van der Waals surface area contributed by atoms with Crippen molar-refractivity contribution in [2.24, 2.45) is 0 Å². The van der Waals surface area contributed by atoms with Crippen LogP contribution >= 0.6 is 11.6 Å². The molecule has 0 aliphatic carbocycles. The zero-order valence-electron chi connectivity index (χ0n) is 11.2. The van der Waals surface area contributed by atoms with E-state index in [4.69, 9.17) is 16.3 Å². The molecule has 3 heteroatoms. The van der Waals surface area contributed by atoms with Gasteiger partial charge in [-0.05, 0) is 30.7 Å². The highest BCUT2D eigenvalue weighted by atomic mass is 35.5. The van der Waals surface area contributed by atoms with Crippen molar-refractivity contribution in [3.8, 4) is 0 Å². The summed E-state index contributed by atoms with van der Waals surface area (Å²) in [7, 11) is 2.00. The minimum absolute atomic E-state index is 0.0151. The summed E-state index contributed by atoms with van der Waals surface area (Å²) < 4.78 is 5.87. The molecule has 0 aliphatic heterocycles. The zero-order valence-corrected chi connectivity index (χ0v) is 12.0. The van der Waals surface area contributed by atoms with E-state index in [1.807, 2.05) is 56.4 Å². The molecule has 0 radical (unpaired) electrons. The first-order valence-corrected chi connectivity index (χ1v) is 6.68. The van der Waals surface area contributed by atoms with E-state index in [1.54, 1.807) is 0 Å². The number of rotatable bonds is 5. The third-order valence-corrected chi connectivity index (χ3v) is 3.33. The van der Waals surface area contributed by atoms with E-state index in [0.29, 0.717) is 6.61 Å². The molecule has 0 N–H and O–H groups in total. The van der Waals surface area contributed by atoms with Crippen LogP contribution in [-0.4, -0.2) is 13.3 Å². The van der Waals surface area contributed by atoms with Gasteiger partial charge in [-0.25, -0.2) is 0 Å². The molecule has 0 aliphatic rings. The van der Waals surface area contributed by atoms with Crippen LogP contribution in [0.5, 0.6) is 0 Å². The first kappa shape index (κ1) is 13.9. The van der Waals surface area contributed by atoms with E-state index < -0.39 is 0 Å². The van der Waals surface area contributed by atoms with Crippen LogP contribution in [0, 0.1) is 0 Å². The highest BCUT2D eigenvalue weighted by Gasteiger charge is 2.10. The van der Waals surface area contributed by atoms with Gasteiger partial charge in [0.2, 0.25) is 0 Å². The van der Waals surface area contributed by atoms with Gasteiger partial charge in [-0.2, -0.15) is 0 Å². The molecule has 0 bridgehead atoms. The molecule has 1 unspecified atom stereocenters. The summed E-state index contributed by atoms with van der Waals surface area (Å²) in [5.74, 6) is 0. The normalized spacial score (nSPS) is 12.2. The summed E-state index contributed by atoms with van der Waals surface area (Å²) in [5.41, 5.74) is 2.22. The van der Waals surface area contributed by atoms with Crippen molar-refractivity contribution in [1.82, 2.24) is 0 Å². The standard InChI is InChI=1S/C16H18ClNO/c1-13(19-12-14-7-4-3-5-8-14)18(2)16-10-6-9-15(17)11-16/h3-11,13H,12H2,1-2H3. The number of hydrogen-bond acceptors (Lipinski definition) is 2. The van der Waals surface area contributed by atoms with Crippen LogP contribution in [-0.2, 0) is 11.3 Å². The van der Waals surface area contributed by atoms with Crippen molar-refractivity contribution in [1.29, 1.82) is 0 Å². The summed E-state index contributed by atoms with van der Waals surface area (Å²) in [6.07, 6.45) is -0.0151. The highest BCUT2D eigenvalue weighted by molar-refractivity contribution is 6.30. The van der Waals surface area contributed by atoms with Crippen molar-refractivity contribution in [3.05, 3.63) is 65.2 Å². The Kier molecular flexibility index (Phi) is 4.83. The average Bonchev–Trinajstić information content (AvgIpc) is 2.45. The number of anilines is 1. The molecule has 0 spiro atoms. The lowest BCUT2D eigenvalue weighted by atomic mass is 10.2. The van der Waals surface area contributed by atoms with Crippen molar-refractivity contribution in [2.45, 2.75) is 19.8 Å². The summed E-state index contributed by atoms with van der Waals surface area (Å²) >= 11 is 6.00. The zero-order chi connectivity index (χ0) is 13.7. The average molecular weight is 276 g/mol. The van der Waals surface area contributed by atoms with Crippen molar-refractivity contribution >= 4 is 17.3 Å². The van der Waals surface area contributed by atoms with Gasteiger partial charge in [-0.15, -0.1) is 0 Å². The van der Waals surface area contributed by atoms with Crippen LogP contribution in [0.25, 0.3) is 0 Å². The Morgan fingerprint density at radius 3 is 2.53 bits per heavy atom. The van der Waals surface area contributed by atoms with E-state index in [-0.39, 0.29) is 6.23 Å². The Morgan fingerprint density at radius 2 is 1.84 bits per heavy atom. The second-order valence-corrected chi connectivity index (χ2v) is 4.92. The van der Waals surface area contributed by atoms with Crippen LogP contribution in [0.2, 0.25) is 5.02 Å². The number of nitrogens with zero attached hydrogens (tertiary/aromatic N) is 1. The van der Waals surface area contributed by atoms with Crippen molar-refractivity contribution in [2.75, 3.05) is 11.9 Å². The SMILES string of the molecule is CC(OCc1ccccc1)N(C)c1cccc(Cl)c1. The molecule has 19 heavy (non-hydrogen) atoms. The predicted molar refractivity (Wildman–Crippen MR) is 80.5 cm³/mol. The molecular weight excluding hydrogens is 258 g/mol. The molecule has 0 fully saturated rings. The van der Waals surface area contributed by atoms with E-state index >= 15 is 0 Å². The molecule has 1 atom stereocenters. The van der Waals surface area contributed by atoms with Gasteiger partial charge in [0.05, 0.1) is 6.61 Å². The fourth-order valence-electron chi connectivity index (χ4n) is 1.81. The molecule has 2 aromatic carbocycles. The van der Waals surface area contributed by atoms with Crippen molar-refractivity contribution < 1.29 is 4.74 Å². The molecule has 0 aromatic heterocycles. The molecule has 2 aromatic rings. The topological polar surface area (TPSA) is 12.5 Å². The Labute approximate surface area is 119 Å². The lowest BCUT2D eigenvalue weighted by Crippen LogP contribution is -2.31. The minimum Gasteiger partial charge on any atom is -0.354 e. The second-order valence-electron chi connectivity index (χ2n) is 4.49. The van der Waals surface area contributed by atoms with Gasteiger partial charge in [0.1, 0.15) is 6.23 Å². The largest absolute Gasteiger partial charge is 0.354 e. The maximum absolute atomic E-state index is 6.00. The van der Waals surface area contributed by atoms with Gasteiger partial charge in [-0.1, -0.05) is 48.0 Å². The van der Waals surface area contributed by atoms with Crippen LogP contribution in [0.15, 0.2) is 54.6 Å².